The van der Waals surface area contributed by atoms with Gasteiger partial charge in [0.2, 0.25) is 15.9 Å². The van der Waals surface area contributed by atoms with Crippen LogP contribution >= 0.6 is 11.8 Å². The van der Waals surface area contributed by atoms with E-state index in [0.717, 1.165) is 22.4 Å². The van der Waals surface area contributed by atoms with Gasteiger partial charge in [0.05, 0.1) is 12.0 Å². The summed E-state index contributed by atoms with van der Waals surface area (Å²) in [5, 5.41) is 2.88. The van der Waals surface area contributed by atoms with Crippen molar-refractivity contribution in [2.45, 2.75) is 44.6 Å². The number of aryl methyl sites for hydroxylation is 3. The Morgan fingerprint density at radius 3 is 2.45 bits per heavy atom. The Bertz CT molecular complexity index is 1010. The minimum atomic E-state index is -3.82. The normalized spacial score (nSPS) is 12.4. The van der Waals surface area contributed by atoms with Crippen LogP contribution in [0.4, 0.5) is 0 Å². The van der Waals surface area contributed by atoms with Crippen molar-refractivity contribution < 1.29 is 17.9 Å². The van der Waals surface area contributed by atoms with Gasteiger partial charge >= 0.3 is 0 Å². The molecule has 0 fully saturated rings. The summed E-state index contributed by atoms with van der Waals surface area (Å²) in [4.78, 5) is 13.1. The molecule has 0 heterocycles. The van der Waals surface area contributed by atoms with Gasteiger partial charge in [0.25, 0.3) is 0 Å². The summed E-state index contributed by atoms with van der Waals surface area (Å²) in [5.74, 6) is 1.11. The largest absolute Gasteiger partial charge is 0.496 e. The molecule has 0 saturated carbocycles. The van der Waals surface area contributed by atoms with E-state index >= 15 is 0 Å². The molecule has 1 atom stereocenters. The lowest BCUT2D eigenvalue weighted by Gasteiger charge is -2.19. The minimum absolute atomic E-state index is 0.207. The average molecular weight is 465 g/mol. The lowest BCUT2D eigenvalue weighted by atomic mass is 10.1. The highest BCUT2D eigenvalue weighted by molar-refractivity contribution is 7.98. The fraction of sp³-hybridized carbons (Fsp3) is 0.435. The molecule has 0 spiro atoms. The van der Waals surface area contributed by atoms with Gasteiger partial charge in [-0.2, -0.15) is 16.5 Å². The molecule has 2 aromatic rings. The zero-order chi connectivity index (χ0) is 23.0. The van der Waals surface area contributed by atoms with E-state index in [0.29, 0.717) is 30.7 Å². The molecule has 0 bridgehead atoms. The molecule has 0 aliphatic heterocycles. The standard InChI is InChI=1S/C23H32N2O4S2/c1-16-7-9-21(29-4)19(14-16)10-12-24-23(26)20(11-13-30-5)25-31(27,28)22-15-17(2)6-8-18(22)3/h6-9,14-15,20,25H,10-13H2,1-5H3,(H,24,26). The average Bonchev–Trinajstić information content (AvgIpc) is 2.72. The van der Waals surface area contributed by atoms with E-state index in [-0.39, 0.29) is 10.8 Å². The number of amides is 1. The van der Waals surface area contributed by atoms with Crippen LogP contribution in [0, 0.1) is 20.8 Å². The quantitative estimate of drug-likeness (QED) is 0.533. The number of thioether (sulfide) groups is 1. The molecular weight excluding hydrogens is 432 g/mol. The van der Waals surface area contributed by atoms with Crippen LogP contribution in [0.15, 0.2) is 41.3 Å². The Morgan fingerprint density at radius 2 is 1.77 bits per heavy atom. The number of hydrogen-bond acceptors (Lipinski definition) is 5. The molecule has 6 nitrogen and oxygen atoms in total. The Hall–Kier alpha value is -2.03. The highest BCUT2D eigenvalue weighted by Gasteiger charge is 2.26. The smallest absolute Gasteiger partial charge is 0.241 e. The Balaban J connectivity index is 2.10. The second-order valence-electron chi connectivity index (χ2n) is 7.58. The summed E-state index contributed by atoms with van der Waals surface area (Å²) in [5.41, 5.74) is 3.61. The Kier molecular flexibility index (Phi) is 9.40. The lowest BCUT2D eigenvalue weighted by molar-refractivity contribution is -0.122. The first-order valence-electron chi connectivity index (χ1n) is 10.2. The molecule has 2 aromatic carbocycles. The number of rotatable bonds is 11. The third-order valence-electron chi connectivity index (χ3n) is 4.99. The third kappa shape index (κ3) is 7.26. The number of nitrogens with one attached hydrogen (secondary N) is 2. The molecule has 1 unspecified atom stereocenters. The zero-order valence-corrected chi connectivity index (χ0v) is 20.5. The van der Waals surface area contributed by atoms with Gasteiger partial charge in [-0.05, 0) is 74.4 Å². The summed E-state index contributed by atoms with van der Waals surface area (Å²) in [6.07, 6.45) is 2.93. The van der Waals surface area contributed by atoms with Crippen molar-refractivity contribution in [3.05, 3.63) is 58.7 Å². The van der Waals surface area contributed by atoms with E-state index in [9.17, 15) is 13.2 Å². The molecule has 0 aliphatic carbocycles. The minimum Gasteiger partial charge on any atom is -0.496 e. The lowest BCUT2D eigenvalue weighted by Crippen LogP contribution is -2.47. The zero-order valence-electron chi connectivity index (χ0n) is 18.8. The van der Waals surface area contributed by atoms with Crippen molar-refractivity contribution in [2.75, 3.05) is 25.7 Å². The highest BCUT2D eigenvalue weighted by atomic mass is 32.2. The number of carbonyl (C=O) groups excluding carboxylic acids is 1. The number of ether oxygens (including phenoxy) is 1. The molecule has 2 rings (SSSR count). The first kappa shape index (κ1) is 25.2. The summed E-state index contributed by atoms with van der Waals surface area (Å²) in [6, 6.07) is 10.3. The fourth-order valence-corrected chi connectivity index (χ4v) is 5.30. The van der Waals surface area contributed by atoms with Gasteiger partial charge in [0.1, 0.15) is 11.8 Å². The topological polar surface area (TPSA) is 84.5 Å². The number of hydrogen-bond donors (Lipinski definition) is 2. The van der Waals surface area contributed by atoms with Crippen molar-refractivity contribution in [1.29, 1.82) is 0 Å². The number of methoxy groups -OCH3 is 1. The van der Waals surface area contributed by atoms with E-state index in [2.05, 4.69) is 10.0 Å². The van der Waals surface area contributed by atoms with Gasteiger partial charge in [0, 0.05) is 6.54 Å². The van der Waals surface area contributed by atoms with Crippen LogP contribution in [0.25, 0.3) is 0 Å². The van der Waals surface area contributed by atoms with Gasteiger partial charge in [-0.1, -0.05) is 29.8 Å². The maximum absolute atomic E-state index is 13.0. The van der Waals surface area contributed by atoms with Crippen LogP contribution < -0.4 is 14.8 Å². The maximum atomic E-state index is 13.0. The second-order valence-corrected chi connectivity index (χ2v) is 10.2. The molecule has 170 valence electrons. The van der Waals surface area contributed by atoms with Crippen LogP contribution in [0.5, 0.6) is 5.75 Å². The van der Waals surface area contributed by atoms with E-state index < -0.39 is 16.1 Å². The van der Waals surface area contributed by atoms with Crippen LogP contribution in [0.2, 0.25) is 0 Å². The molecule has 0 aliphatic rings. The van der Waals surface area contributed by atoms with Gasteiger partial charge < -0.3 is 10.1 Å². The highest BCUT2D eigenvalue weighted by Crippen LogP contribution is 2.20. The SMILES string of the molecule is COc1ccc(C)cc1CCNC(=O)C(CCSC)NS(=O)(=O)c1cc(C)ccc1C. The van der Waals surface area contributed by atoms with E-state index in [1.807, 2.05) is 44.4 Å². The van der Waals surface area contributed by atoms with Gasteiger partial charge in [-0.3, -0.25) is 4.79 Å². The van der Waals surface area contributed by atoms with E-state index in [1.54, 1.807) is 37.9 Å². The van der Waals surface area contributed by atoms with Gasteiger partial charge in [-0.15, -0.1) is 0 Å². The summed E-state index contributed by atoms with van der Waals surface area (Å²) < 4.78 is 34.0. The third-order valence-corrected chi connectivity index (χ3v) is 7.24. The maximum Gasteiger partial charge on any atom is 0.241 e. The molecule has 31 heavy (non-hydrogen) atoms. The number of carbonyl (C=O) groups is 1. The fourth-order valence-electron chi connectivity index (χ4n) is 3.27. The van der Waals surface area contributed by atoms with Crippen molar-refractivity contribution in [2.24, 2.45) is 0 Å². The first-order chi connectivity index (χ1) is 14.7. The van der Waals surface area contributed by atoms with Gasteiger partial charge in [0.15, 0.2) is 0 Å². The monoisotopic (exact) mass is 464 g/mol. The van der Waals surface area contributed by atoms with Crippen molar-refractivity contribution in [3.63, 3.8) is 0 Å². The van der Waals surface area contributed by atoms with E-state index in [4.69, 9.17) is 4.74 Å². The first-order valence-corrected chi connectivity index (χ1v) is 13.1. The molecule has 8 heteroatoms. The molecule has 1 amide bonds. The summed E-state index contributed by atoms with van der Waals surface area (Å²) >= 11 is 1.57. The summed E-state index contributed by atoms with van der Waals surface area (Å²) in [7, 11) is -2.20. The summed E-state index contributed by atoms with van der Waals surface area (Å²) in [6.45, 7) is 5.98. The van der Waals surface area contributed by atoms with E-state index in [1.165, 1.54) is 0 Å². The second kappa shape index (κ2) is 11.5. The van der Waals surface area contributed by atoms with Gasteiger partial charge in [-0.25, -0.2) is 8.42 Å². The predicted octanol–water partition coefficient (Wildman–Crippen LogP) is 3.38. The van der Waals surface area contributed by atoms with Crippen LogP contribution in [0.3, 0.4) is 0 Å². The van der Waals surface area contributed by atoms with Crippen molar-refractivity contribution in [3.8, 4) is 5.75 Å². The molecule has 0 radical (unpaired) electrons. The molecule has 2 N–H and O–H groups in total. The molecule has 0 aromatic heterocycles. The van der Waals surface area contributed by atoms with Crippen LogP contribution in [0.1, 0.15) is 28.7 Å². The number of sulfonamides is 1. The predicted molar refractivity (Wildman–Crippen MR) is 127 cm³/mol. The number of benzene rings is 2. The molecular formula is C23H32N2O4S2. The van der Waals surface area contributed by atoms with Crippen LogP contribution in [-0.4, -0.2) is 46.0 Å². The van der Waals surface area contributed by atoms with Crippen molar-refractivity contribution >= 4 is 27.7 Å². The Morgan fingerprint density at radius 1 is 1.10 bits per heavy atom. The van der Waals surface area contributed by atoms with Crippen LogP contribution in [-0.2, 0) is 21.2 Å². The Labute approximate surface area is 190 Å². The molecule has 0 saturated heterocycles. The van der Waals surface area contributed by atoms with Crippen molar-refractivity contribution in [1.82, 2.24) is 10.0 Å².